The Bertz CT molecular complexity index is 935. The number of rotatable bonds is 9. The van der Waals surface area contributed by atoms with Crippen LogP contribution >= 0.6 is 0 Å². The number of hydrogen-bond donors (Lipinski definition) is 1. The van der Waals surface area contributed by atoms with E-state index in [-0.39, 0.29) is 11.7 Å². The fraction of sp³-hybridized carbons (Fsp3) is 0.500. The molecular formula is C26H38N6O2. The Kier molecular flexibility index (Phi) is 9.15. The quantitative estimate of drug-likeness (QED) is 0.262. The van der Waals surface area contributed by atoms with Crippen LogP contribution in [0.4, 0.5) is 5.69 Å². The monoisotopic (exact) mass is 466 g/mol. The molecule has 0 amide bonds. The number of anilines is 1. The van der Waals surface area contributed by atoms with Crippen molar-refractivity contribution in [1.29, 1.82) is 0 Å². The van der Waals surface area contributed by atoms with Gasteiger partial charge in [-0.15, -0.1) is 0 Å². The normalized spacial score (nSPS) is 20.6. The summed E-state index contributed by atoms with van der Waals surface area (Å²) in [6, 6.07) is 6.38. The van der Waals surface area contributed by atoms with E-state index < -0.39 is 0 Å². The molecule has 0 radical (unpaired) electrons. The first-order valence-corrected chi connectivity index (χ1v) is 11.7. The molecule has 0 atom stereocenters. The summed E-state index contributed by atoms with van der Waals surface area (Å²) in [5, 5.41) is 3.97. The van der Waals surface area contributed by atoms with Crippen LogP contribution in [0.5, 0.6) is 0 Å². The van der Waals surface area contributed by atoms with Gasteiger partial charge < -0.3 is 20.2 Å². The molecule has 2 aliphatic rings. The summed E-state index contributed by atoms with van der Waals surface area (Å²) < 4.78 is 11.5. The van der Waals surface area contributed by atoms with Crippen molar-refractivity contribution in [2.75, 3.05) is 57.4 Å². The van der Waals surface area contributed by atoms with Gasteiger partial charge in [-0.05, 0) is 37.4 Å². The van der Waals surface area contributed by atoms with Gasteiger partial charge in [-0.3, -0.25) is 14.9 Å². The van der Waals surface area contributed by atoms with Crippen molar-refractivity contribution in [3.8, 4) is 0 Å². The molecule has 2 N–H and O–H groups in total. The molecule has 184 valence electrons. The Hall–Kier alpha value is -2.81. The number of benzene rings is 1. The smallest absolute Gasteiger partial charge is 0.176 e. The number of allylic oxidation sites excluding steroid dienone is 2. The van der Waals surface area contributed by atoms with Crippen molar-refractivity contribution < 1.29 is 9.47 Å². The van der Waals surface area contributed by atoms with E-state index in [1.807, 2.05) is 6.08 Å². The largest absolute Gasteiger partial charge is 0.369 e. The van der Waals surface area contributed by atoms with Crippen LogP contribution in [0.15, 0.2) is 57.7 Å². The zero-order valence-corrected chi connectivity index (χ0v) is 20.7. The van der Waals surface area contributed by atoms with E-state index in [0.717, 1.165) is 49.5 Å². The summed E-state index contributed by atoms with van der Waals surface area (Å²) in [6.45, 7) is 20.1. The lowest BCUT2D eigenvalue weighted by Crippen LogP contribution is -2.46. The molecule has 8 nitrogen and oxygen atoms in total. The molecule has 2 heterocycles. The van der Waals surface area contributed by atoms with E-state index >= 15 is 0 Å². The summed E-state index contributed by atoms with van der Waals surface area (Å²) in [5.41, 5.74) is 4.91. The maximum absolute atomic E-state index is 5.74. The van der Waals surface area contributed by atoms with Crippen LogP contribution in [0.25, 0.3) is 0 Å². The molecule has 2 saturated heterocycles. The maximum Gasteiger partial charge on any atom is 0.176 e. The van der Waals surface area contributed by atoms with Gasteiger partial charge in [-0.1, -0.05) is 32.6 Å². The topological polar surface area (TPSA) is 88.0 Å². The lowest BCUT2D eigenvalue weighted by atomic mass is 9.96. The molecule has 0 bridgehead atoms. The average Bonchev–Trinajstić information content (AvgIpc) is 2.83. The molecule has 2 aliphatic heterocycles. The summed E-state index contributed by atoms with van der Waals surface area (Å²) in [5.74, 6) is 5.69. The number of hydrogen-bond acceptors (Lipinski definition) is 8. The molecule has 0 aromatic heterocycles. The van der Waals surface area contributed by atoms with Gasteiger partial charge in [0, 0.05) is 55.6 Å². The van der Waals surface area contributed by atoms with Crippen molar-refractivity contribution in [3.63, 3.8) is 0 Å². The van der Waals surface area contributed by atoms with Gasteiger partial charge in [-0.2, -0.15) is 5.10 Å². The Labute approximate surface area is 203 Å². The summed E-state index contributed by atoms with van der Waals surface area (Å²) in [6.07, 6.45) is 5.05. The summed E-state index contributed by atoms with van der Waals surface area (Å²) in [7, 11) is 0. The Morgan fingerprint density at radius 3 is 2.50 bits per heavy atom. The highest BCUT2D eigenvalue weighted by molar-refractivity contribution is 6.38. The van der Waals surface area contributed by atoms with Crippen LogP contribution in [-0.4, -0.2) is 82.3 Å². The Morgan fingerprint density at radius 1 is 1.21 bits per heavy atom. The second-order valence-electron chi connectivity index (χ2n) is 9.54. The molecule has 8 heteroatoms. The van der Waals surface area contributed by atoms with Crippen molar-refractivity contribution >= 4 is 24.3 Å². The SMILES string of the molecule is C=C/C=C(/CN1CCN(c2ccc(/C(C=NCC3OCC(C)(C)CO3)=N/N)c(C)c2)CC1)N=C. The number of nitrogens with two attached hydrogens (primary N) is 1. The van der Waals surface area contributed by atoms with Crippen molar-refractivity contribution in [2.45, 2.75) is 27.1 Å². The first kappa shape index (κ1) is 25.8. The van der Waals surface area contributed by atoms with Gasteiger partial charge in [-0.25, -0.2) is 0 Å². The van der Waals surface area contributed by atoms with Crippen LogP contribution < -0.4 is 10.7 Å². The number of nitrogens with zero attached hydrogens (tertiary/aromatic N) is 5. The van der Waals surface area contributed by atoms with Crippen LogP contribution in [0.1, 0.15) is 25.0 Å². The van der Waals surface area contributed by atoms with Gasteiger partial charge in [0.05, 0.1) is 25.5 Å². The van der Waals surface area contributed by atoms with Crippen LogP contribution in [-0.2, 0) is 9.47 Å². The highest BCUT2D eigenvalue weighted by atomic mass is 16.7. The Balaban J connectivity index is 1.56. The van der Waals surface area contributed by atoms with Crippen molar-refractivity contribution in [2.24, 2.45) is 26.3 Å². The fourth-order valence-corrected chi connectivity index (χ4v) is 4.05. The molecule has 2 fully saturated rings. The minimum atomic E-state index is -0.323. The molecule has 34 heavy (non-hydrogen) atoms. The molecule has 0 saturated carbocycles. The highest BCUT2D eigenvalue weighted by Crippen LogP contribution is 2.23. The number of piperazine rings is 1. The van der Waals surface area contributed by atoms with Gasteiger partial charge >= 0.3 is 0 Å². The zero-order chi connectivity index (χ0) is 24.6. The highest BCUT2D eigenvalue weighted by Gasteiger charge is 2.28. The molecular weight excluding hydrogens is 428 g/mol. The van der Waals surface area contributed by atoms with Gasteiger partial charge in [0.1, 0.15) is 5.71 Å². The molecule has 1 aromatic carbocycles. The third kappa shape index (κ3) is 7.09. The van der Waals surface area contributed by atoms with E-state index in [1.54, 1.807) is 12.3 Å². The minimum absolute atomic E-state index is 0.0455. The molecule has 0 aliphatic carbocycles. The first-order chi connectivity index (χ1) is 16.3. The minimum Gasteiger partial charge on any atom is -0.369 e. The van der Waals surface area contributed by atoms with E-state index in [4.69, 9.17) is 15.3 Å². The van der Waals surface area contributed by atoms with Gasteiger partial charge in [0.25, 0.3) is 0 Å². The van der Waals surface area contributed by atoms with Gasteiger partial charge in [0.15, 0.2) is 6.29 Å². The van der Waals surface area contributed by atoms with Crippen molar-refractivity contribution in [3.05, 3.63) is 53.8 Å². The number of hydrazone groups is 1. The van der Waals surface area contributed by atoms with Crippen LogP contribution in [0, 0.1) is 12.3 Å². The lowest BCUT2D eigenvalue weighted by molar-refractivity contribution is -0.215. The van der Waals surface area contributed by atoms with Gasteiger partial charge in [0.2, 0.25) is 0 Å². The average molecular weight is 467 g/mol. The fourth-order valence-electron chi connectivity index (χ4n) is 4.05. The Morgan fingerprint density at radius 2 is 1.91 bits per heavy atom. The lowest BCUT2D eigenvalue weighted by Gasteiger charge is -2.36. The van der Waals surface area contributed by atoms with Crippen molar-refractivity contribution in [1.82, 2.24) is 4.90 Å². The first-order valence-electron chi connectivity index (χ1n) is 11.7. The molecule has 1 aromatic rings. The molecule has 0 spiro atoms. The third-order valence-electron chi connectivity index (χ3n) is 6.05. The van der Waals surface area contributed by atoms with E-state index in [1.165, 1.54) is 5.69 Å². The van der Waals surface area contributed by atoms with E-state index in [0.29, 0.717) is 25.5 Å². The zero-order valence-electron chi connectivity index (χ0n) is 20.7. The summed E-state index contributed by atoms with van der Waals surface area (Å²) in [4.78, 5) is 13.3. The molecule has 3 rings (SSSR count). The van der Waals surface area contributed by atoms with E-state index in [9.17, 15) is 0 Å². The second kappa shape index (κ2) is 12.1. The third-order valence-corrected chi connectivity index (χ3v) is 6.05. The number of aliphatic imine (C=N–C) groups is 2. The maximum atomic E-state index is 5.74. The van der Waals surface area contributed by atoms with Crippen LogP contribution in [0.2, 0.25) is 0 Å². The molecule has 0 unspecified atom stereocenters. The number of ether oxygens (including phenoxy) is 2. The van der Waals surface area contributed by atoms with E-state index in [2.05, 4.69) is 77.2 Å². The summed E-state index contributed by atoms with van der Waals surface area (Å²) >= 11 is 0. The van der Waals surface area contributed by atoms with Crippen LogP contribution in [0.3, 0.4) is 0 Å². The predicted molar refractivity (Wildman–Crippen MR) is 141 cm³/mol. The standard InChI is InChI=1S/C26H38N6O2/c1-6-7-21(28-5)17-31-10-12-32(13-11-31)22-8-9-23(20(2)14-22)24(30-27)15-29-16-25-33-18-26(3,4)19-34-25/h6-9,14-15,25H,1,5,10-13,16-19,27H2,2-4H3/b21-7-,29-15?,30-24+. The second-order valence-corrected chi connectivity index (χ2v) is 9.54. The number of aryl methyl sites for hydroxylation is 1. The predicted octanol–water partition coefficient (Wildman–Crippen LogP) is 3.02.